The standard InChI is InChI=1S/C16H26N4O2/c1-3-4-19-5-7-21-14-16(12-19)13-20(6-8-22-16)11-15-9-17-18(2)10-15/h3,9-10H,1,4-8,11-14H2,2H3. The molecule has 122 valence electrons. The van der Waals surface area contributed by atoms with Crippen molar-refractivity contribution in [1.29, 1.82) is 0 Å². The molecule has 6 heteroatoms. The second-order valence-corrected chi connectivity index (χ2v) is 6.34. The van der Waals surface area contributed by atoms with Crippen molar-refractivity contribution >= 4 is 0 Å². The Hall–Kier alpha value is -1.21. The highest BCUT2D eigenvalue weighted by Crippen LogP contribution is 2.23. The van der Waals surface area contributed by atoms with E-state index in [2.05, 4.69) is 27.7 Å². The molecule has 1 unspecified atom stereocenters. The van der Waals surface area contributed by atoms with Crippen LogP contribution < -0.4 is 0 Å². The molecule has 0 amide bonds. The summed E-state index contributed by atoms with van der Waals surface area (Å²) in [5.41, 5.74) is 1.03. The Labute approximate surface area is 132 Å². The Morgan fingerprint density at radius 3 is 2.91 bits per heavy atom. The van der Waals surface area contributed by atoms with Crippen molar-refractivity contribution in [2.45, 2.75) is 12.1 Å². The van der Waals surface area contributed by atoms with E-state index in [1.54, 1.807) is 0 Å². The normalized spacial score (nSPS) is 27.9. The van der Waals surface area contributed by atoms with E-state index in [1.807, 2.05) is 24.0 Å². The van der Waals surface area contributed by atoms with Gasteiger partial charge in [-0.25, -0.2) is 0 Å². The molecule has 0 radical (unpaired) electrons. The summed E-state index contributed by atoms with van der Waals surface area (Å²) in [6.45, 7) is 11.5. The van der Waals surface area contributed by atoms with Gasteiger partial charge in [0.2, 0.25) is 0 Å². The maximum Gasteiger partial charge on any atom is 0.117 e. The minimum Gasteiger partial charge on any atom is -0.377 e. The van der Waals surface area contributed by atoms with Gasteiger partial charge in [-0.1, -0.05) is 6.08 Å². The van der Waals surface area contributed by atoms with Crippen LogP contribution in [0.2, 0.25) is 0 Å². The van der Waals surface area contributed by atoms with Crippen molar-refractivity contribution in [3.63, 3.8) is 0 Å². The monoisotopic (exact) mass is 306 g/mol. The number of aromatic nitrogens is 2. The van der Waals surface area contributed by atoms with Gasteiger partial charge in [0.05, 0.1) is 26.0 Å². The lowest BCUT2D eigenvalue weighted by Crippen LogP contribution is -2.58. The Morgan fingerprint density at radius 2 is 2.14 bits per heavy atom. The first-order valence-electron chi connectivity index (χ1n) is 7.94. The minimum absolute atomic E-state index is 0.222. The fourth-order valence-corrected chi connectivity index (χ4v) is 3.38. The molecule has 0 bridgehead atoms. The van der Waals surface area contributed by atoms with Crippen LogP contribution in [0.5, 0.6) is 0 Å². The second-order valence-electron chi connectivity index (χ2n) is 6.34. The Balaban J connectivity index is 1.66. The van der Waals surface area contributed by atoms with Crippen LogP contribution in [-0.2, 0) is 23.1 Å². The number of ether oxygens (including phenoxy) is 2. The van der Waals surface area contributed by atoms with Gasteiger partial charge in [-0.2, -0.15) is 5.10 Å². The van der Waals surface area contributed by atoms with E-state index in [0.29, 0.717) is 6.61 Å². The van der Waals surface area contributed by atoms with Crippen molar-refractivity contribution in [1.82, 2.24) is 19.6 Å². The number of nitrogens with zero attached hydrogens (tertiary/aromatic N) is 4. The lowest BCUT2D eigenvalue weighted by atomic mass is 10.0. The summed E-state index contributed by atoms with van der Waals surface area (Å²) >= 11 is 0. The zero-order valence-corrected chi connectivity index (χ0v) is 13.4. The summed E-state index contributed by atoms with van der Waals surface area (Å²) < 4.78 is 13.8. The van der Waals surface area contributed by atoms with Gasteiger partial charge in [0.15, 0.2) is 0 Å². The molecule has 2 aliphatic rings. The summed E-state index contributed by atoms with van der Waals surface area (Å²) in [7, 11) is 1.95. The number of hydrogen-bond donors (Lipinski definition) is 0. The molecule has 0 aromatic carbocycles. The summed E-state index contributed by atoms with van der Waals surface area (Å²) in [4.78, 5) is 4.81. The SMILES string of the molecule is C=CCN1CCOCC2(C1)CN(Cc1cnn(C)c1)CCO2. The van der Waals surface area contributed by atoms with Crippen LogP contribution >= 0.6 is 0 Å². The van der Waals surface area contributed by atoms with Crippen LogP contribution in [0.4, 0.5) is 0 Å². The summed E-state index contributed by atoms with van der Waals surface area (Å²) in [6, 6.07) is 0. The largest absolute Gasteiger partial charge is 0.377 e. The molecule has 0 aliphatic carbocycles. The van der Waals surface area contributed by atoms with Crippen LogP contribution in [0.25, 0.3) is 0 Å². The molecule has 2 fully saturated rings. The number of hydrogen-bond acceptors (Lipinski definition) is 5. The molecule has 1 spiro atoms. The van der Waals surface area contributed by atoms with Gasteiger partial charge in [-0.3, -0.25) is 14.5 Å². The van der Waals surface area contributed by atoms with Crippen molar-refractivity contribution in [3.8, 4) is 0 Å². The van der Waals surface area contributed by atoms with E-state index in [9.17, 15) is 0 Å². The summed E-state index contributed by atoms with van der Waals surface area (Å²) in [5, 5.41) is 4.25. The van der Waals surface area contributed by atoms with Gasteiger partial charge in [0.25, 0.3) is 0 Å². The first-order valence-corrected chi connectivity index (χ1v) is 7.94. The average molecular weight is 306 g/mol. The quantitative estimate of drug-likeness (QED) is 0.758. The topological polar surface area (TPSA) is 42.8 Å². The maximum atomic E-state index is 6.17. The highest BCUT2D eigenvalue weighted by molar-refractivity contribution is 5.04. The lowest BCUT2D eigenvalue weighted by molar-refractivity contribution is -0.142. The molecular formula is C16H26N4O2. The molecule has 22 heavy (non-hydrogen) atoms. The molecular weight excluding hydrogens is 280 g/mol. The lowest BCUT2D eigenvalue weighted by Gasteiger charge is -2.43. The predicted molar refractivity (Wildman–Crippen MR) is 84.6 cm³/mol. The van der Waals surface area contributed by atoms with Crippen molar-refractivity contribution < 1.29 is 9.47 Å². The molecule has 2 saturated heterocycles. The van der Waals surface area contributed by atoms with Gasteiger partial charge in [-0.05, 0) is 0 Å². The zero-order chi connectivity index (χ0) is 15.4. The third kappa shape index (κ3) is 3.76. The van der Waals surface area contributed by atoms with E-state index >= 15 is 0 Å². The Bertz CT molecular complexity index is 504. The average Bonchev–Trinajstić information content (AvgIpc) is 2.79. The molecule has 0 saturated carbocycles. The van der Waals surface area contributed by atoms with E-state index in [1.165, 1.54) is 5.56 Å². The molecule has 2 aliphatic heterocycles. The van der Waals surface area contributed by atoms with Crippen molar-refractivity contribution in [2.24, 2.45) is 7.05 Å². The first kappa shape index (κ1) is 15.7. The Kier molecular flexibility index (Phi) is 4.93. The van der Waals surface area contributed by atoms with Crippen LogP contribution in [0.1, 0.15) is 5.56 Å². The highest BCUT2D eigenvalue weighted by Gasteiger charge is 2.40. The molecule has 1 aromatic heterocycles. The molecule has 3 heterocycles. The Morgan fingerprint density at radius 1 is 1.32 bits per heavy atom. The molecule has 1 aromatic rings. The van der Waals surface area contributed by atoms with Crippen LogP contribution in [-0.4, -0.2) is 77.7 Å². The van der Waals surface area contributed by atoms with Crippen molar-refractivity contribution in [3.05, 3.63) is 30.6 Å². The smallest absolute Gasteiger partial charge is 0.117 e. The van der Waals surface area contributed by atoms with Crippen LogP contribution in [0, 0.1) is 0 Å². The maximum absolute atomic E-state index is 6.17. The third-order valence-corrected chi connectivity index (χ3v) is 4.31. The van der Waals surface area contributed by atoms with Crippen molar-refractivity contribution in [2.75, 3.05) is 52.5 Å². The van der Waals surface area contributed by atoms with E-state index in [0.717, 1.165) is 52.5 Å². The minimum atomic E-state index is -0.222. The number of rotatable bonds is 4. The van der Waals surface area contributed by atoms with E-state index < -0.39 is 0 Å². The highest BCUT2D eigenvalue weighted by atomic mass is 16.5. The fraction of sp³-hybridized carbons (Fsp3) is 0.688. The summed E-state index contributed by atoms with van der Waals surface area (Å²) in [5.74, 6) is 0. The van der Waals surface area contributed by atoms with Gasteiger partial charge in [0, 0.05) is 58.1 Å². The first-order chi connectivity index (χ1) is 10.7. The van der Waals surface area contributed by atoms with E-state index in [-0.39, 0.29) is 5.60 Å². The summed E-state index contributed by atoms with van der Waals surface area (Å²) in [6.07, 6.45) is 5.97. The third-order valence-electron chi connectivity index (χ3n) is 4.31. The second kappa shape index (κ2) is 6.91. The van der Waals surface area contributed by atoms with Crippen LogP contribution in [0.3, 0.4) is 0 Å². The molecule has 3 rings (SSSR count). The zero-order valence-electron chi connectivity index (χ0n) is 13.4. The molecule has 6 nitrogen and oxygen atoms in total. The number of morpholine rings is 1. The van der Waals surface area contributed by atoms with E-state index in [4.69, 9.17) is 9.47 Å². The van der Waals surface area contributed by atoms with Gasteiger partial charge >= 0.3 is 0 Å². The molecule has 0 N–H and O–H groups in total. The van der Waals surface area contributed by atoms with Crippen LogP contribution in [0.15, 0.2) is 25.0 Å². The van der Waals surface area contributed by atoms with Gasteiger partial charge in [-0.15, -0.1) is 6.58 Å². The number of aryl methyl sites for hydroxylation is 1. The predicted octanol–water partition coefficient (Wildman–Crippen LogP) is 0.509. The van der Waals surface area contributed by atoms with Gasteiger partial charge in [0.1, 0.15) is 5.60 Å². The molecule has 1 atom stereocenters. The van der Waals surface area contributed by atoms with Gasteiger partial charge < -0.3 is 9.47 Å². The fourth-order valence-electron chi connectivity index (χ4n) is 3.38.